The molecule has 2 heterocycles. The van der Waals surface area contributed by atoms with E-state index >= 15 is 0 Å². The quantitative estimate of drug-likeness (QED) is 0.895. The van der Waals surface area contributed by atoms with Gasteiger partial charge in [0.15, 0.2) is 0 Å². The van der Waals surface area contributed by atoms with E-state index in [1.165, 1.54) is 5.56 Å². The summed E-state index contributed by atoms with van der Waals surface area (Å²) in [5, 5.41) is 6.35. The molecule has 1 aromatic rings. The Morgan fingerprint density at radius 2 is 2.29 bits per heavy atom. The molecule has 1 aromatic carbocycles. The Morgan fingerprint density at radius 1 is 1.48 bits per heavy atom. The first-order valence-electron chi connectivity index (χ1n) is 7.77. The topological polar surface area (TPSA) is 50.4 Å². The lowest BCUT2D eigenvalue weighted by Crippen LogP contribution is -2.27. The van der Waals surface area contributed by atoms with E-state index < -0.39 is 5.41 Å². The van der Waals surface area contributed by atoms with Crippen molar-refractivity contribution in [1.29, 1.82) is 0 Å². The van der Waals surface area contributed by atoms with Crippen molar-refractivity contribution in [2.75, 3.05) is 19.0 Å². The lowest BCUT2D eigenvalue weighted by molar-refractivity contribution is -0.119. The van der Waals surface area contributed by atoms with E-state index in [0.717, 1.165) is 37.1 Å². The van der Waals surface area contributed by atoms with Gasteiger partial charge in [-0.25, -0.2) is 0 Å². The van der Waals surface area contributed by atoms with Gasteiger partial charge in [-0.1, -0.05) is 12.1 Å². The van der Waals surface area contributed by atoms with E-state index in [2.05, 4.69) is 22.8 Å². The predicted octanol–water partition coefficient (Wildman–Crippen LogP) is 2.75. The fourth-order valence-electron chi connectivity index (χ4n) is 3.32. The maximum atomic E-state index is 12.0. The third-order valence-electron chi connectivity index (χ3n) is 4.81. The largest absolute Gasteiger partial charge is 0.378 e. The number of nitrogens with one attached hydrogen (secondary N) is 2. The van der Waals surface area contributed by atoms with E-state index in [0.29, 0.717) is 6.10 Å². The molecule has 1 saturated heterocycles. The normalized spacial score (nSPS) is 24.7. The maximum absolute atomic E-state index is 12.0. The highest BCUT2D eigenvalue weighted by atomic mass is 16.5. The standard InChI is InChI=1S/C17H24N2O2/c1-17(2)13-9-11(6-7-14(13)19-16(17)20)15(18-3)10-12-5-4-8-21-12/h6-7,9,12,15,18H,4-5,8,10H2,1-3H3,(H,19,20). The van der Waals surface area contributed by atoms with Crippen LogP contribution in [0.5, 0.6) is 0 Å². The number of hydrogen-bond acceptors (Lipinski definition) is 3. The Kier molecular flexibility index (Phi) is 3.76. The van der Waals surface area contributed by atoms with Crippen molar-refractivity contribution >= 4 is 11.6 Å². The lowest BCUT2D eigenvalue weighted by atomic mass is 9.84. The number of benzene rings is 1. The average molecular weight is 288 g/mol. The van der Waals surface area contributed by atoms with Crippen molar-refractivity contribution in [2.45, 2.75) is 50.7 Å². The highest BCUT2D eigenvalue weighted by Crippen LogP contribution is 2.39. The van der Waals surface area contributed by atoms with Crippen LogP contribution in [0.15, 0.2) is 18.2 Å². The summed E-state index contributed by atoms with van der Waals surface area (Å²) < 4.78 is 5.75. The molecule has 4 heteroatoms. The molecule has 2 atom stereocenters. The van der Waals surface area contributed by atoms with Crippen LogP contribution >= 0.6 is 0 Å². The monoisotopic (exact) mass is 288 g/mol. The van der Waals surface area contributed by atoms with E-state index in [-0.39, 0.29) is 11.9 Å². The number of fused-ring (bicyclic) bond motifs is 1. The summed E-state index contributed by atoms with van der Waals surface area (Å²) in [5.74, 6) is 0.0785. The second kappa shape index (κ2) is 5.43. The number of rotatable bonds is 4. The second-order valence-corrected chi connectivity index (χ2v) is 6.60. The lowest BCUT2D eigenvalue weighted by Gasteiger charge is -2.22. The summed E-state index contributed by atoms with van der Waals surface area (Å²) >= 11 is 0. The number of hydrogen-bond donors (Lipinski definition) is 2. The van der Waals surface area contributed by atoms with E-state index in [1.807, 2.05) is 27.0 Å². The minimum atomic E-state index is -0.451. The third kappa shape index (κ3) is 2.58. The van der Waals surface area contributed by atoms with Gasteiger partial charge in [0.05, 0.1) is 11.5 Å². The molecule has 21 heavy (non-hydrogen) atoms. The maximum Gasteiger partial charge on any atom is 0.234 e. The Labute approximate surface area is 126 Å². The highest BCUT2D eigenvalue weighted by molar-refractivity contribution is 6.05. The molecule has 3 rings (SSSR count). The van der Waals surface area contributed by atoms with E-state index in [1.54, 1.807) is 0 Å². The van der Waals surface area contributed by atoms with Crippen LogP contribution in [0.1, 0.15) is 50.3 Å². The zero-order valence-electron chi connectivity index (χ0n) is 13.0. The van der Waals surface area contributed by atoms with Gasteiger partial charge in [0, 0.05) is 18.3 Å². The van der Waals surface area contributed by atoms with Gasteiger partial charge in [0.25, 0.3) is 0 Å². The molecule has 1 fully saturated rings. The van der Waals surface area contributed by atoms with Crippen molar-refractivity contribution in [2.24, 2.45) is 0 Å². The van der Waals surface area contributed by atoms with E-state index in [4.69, 9.17) is 4.74 Å². The summed E-state index contributed by atoms with van der Waals surface area (Å²) in [6.07, 6.45) is 3.64. The van der Waals surface area contributed by atoms with Crippen molar-refractivity contribution in [3.05, 3.63) is 29.3 Å². The Bertz CT molecular complexity index is 548. The van der Waals surface area contributed by atoms with Gasteiger partial charge in [-0.3, -0.25) is 4.79 Å². The molecule has 0 radical (unpaired) electrons. The zero-order chi connectivity index (χ0) is 15.0. The molecule has 0 aromatic heterocycles. The van der Waals surface area contributed by atoms with Crippen LogP contribution < -0.4 is 10.6 Å². The molecule has 1 amide bonds. The number of amides is 1. The molecule has 0 saturated carbocycles. The van der Waals surface area contributed by atoms with Crippen LogP contribution in [0.4, 0.5) is 5.69 Å². The van der Waals surface area contributed by atoms with Crippen LogP contribution in [0.2, 0.25) is 0 Å². The van der Waals surface area contributed by atoms with Crippen molar-refractivity contribution in [3.8, 4) is 0 Å². The van der Waals surface area contributed by atoms with E-state index in [9.17, 15) is 4.79 Å². The molecule has 0 aliphatic carbocycles. The average Bonchev–Trinajstić information content (AvgIpc) is 3.04. The summed E-state index contributed by atoms with van der Waals surface area (Å²) in [4.78, 5) is 12.0. The fourth-order valence-corrected chi connectivity index (χ4v) is 3.32. The molecule has 0 bridgehead atoms. The Morgan fingerprint density at radius 3 is 2.95 bits per heavy atom. The number of ether oxygens (including phenoxy) is 1. The molecule has 2 unspecified atom stereocenters. The number of anilines is 1. The first kappa shape index (κ1) is 14.5. The summed E-state index contributed by atoms with van der Waals surface area (Å²) in [6.45, 7) is 4.84. The number of carbonyl (C=O) groups is 1. The van der Waals surface area contributed by atoms with Gasteiger partial charge in [0.1, 0.15) is 0 Å². The summed E-state index contributed by atoms with van der Waals surface area (Å²) in [7, 11) is 1.99. The molecule has 0 spiro atoms. The minimum absolute atomic E-state index is 0.0785. The molecular formula is C17H24N2O2. The highest BCUT2D eigenvalue weighted by Gasteiger charge is 2.38. The Balaban J connectivity index is 1.85. The van der Waals surface area contributed by atoms with Crippen LogP contribution in [0, 0.1) is 0 Å². The van der Waals surface area contributed by atoms with Gasteiger partial charge >= 0.3 is 0 Å². The molecule has 2 aliphatic heterocycles. The van der Waals surface area contributed by atoms with Crippen LogP contribution in [-0.4, -0.2) is 25.7 Å². The summed E-state index contributed by atoms with van der Waals surface area (Å²) in [5.41, 5.74) is 2.82. The van der Waals surface area contributed by atoms with Crippen molar-refractivity contribution in [3.63, 3.8) is 0 Å². The predicted molar refractivity (Wildman–Crippen MR) is 83.5 cm³/mol. The minimum Gasteiger partial charge on any atom is -0.378 e. The molecule has 4 nitrogen and oxygen atoms in total. The fraction of sp³-hybridized carbons (Fsp3) is 0.588. The smallest absolute Gasteiger partial charge is 0.234 e. The van der Waals surface area contributed by atoms with Gasteiger partial charge in [-0.2, -0.15) is 0 Å². The van der Waals surface area contributed by atoms with Gasteiger partial charge < -0.3 is 15.4 Å². The SMILES string of the molecule is CNC(CC1CCCO1)c1ccc2c(c1)C(C)(C)C(=O)N2. The second-order valence-electron chi connectivity index (χ2n) is 6.60. The van der Waals surface area contributed by atoms with Gasteiger partial charge in [0.2, 0.25) is 5.91 Å². The van der Waals surface area contributed by atoms with Gasteiger partial charge in [-0.15, -0.1) is 0 Å². The van der Waals surface area contributed by atoms with Gasteiger partial charge in [-0.05, 0) is 57.4 Å². The zero-order valence-corrected chi connectivity index (χ0v) is 13.0. The third-order valence-corrected chi connectivity index (χ3v) is 4.81. The van der Waals surface area contributed by atoms with Crippen LogP contribution in [0.3, 0.4) is 0 Å². The summed E-state index contributed by atoms with van der Waals surface area (Å²) in [6, 6.07) is 6.57. The van der Waals surface area contributed by atoms with Crippen molar-refractivity contribution < 1.29 is 9.53 Å². The molecule has 2 aliphatic rings. The van der Waals surface area contributed by atoms with Crippen LogP contribution in [-0.2, 0) is 14.9 Å². The number of carbonyl (C=O) groups excluding carboxylic acids is 1. The molecule has 114 valence electrons. The van der Waals surface area contributed by atoms with Crippen molar-refractivity contribution in [1.82, 2.24) is 5.32 Å². The first-order valence-corrected chi connectivity index (χ1v) is 7.77. The Hall–Kier alpha value is -1.39. The van der Waals surface area contributed by atoms with Crippen LogP contribution in [0.25, 0.3) is 0 Å². The first-order chi connectivity index (χ1) is 10.0. The molecular weight excluding hydrogens is 264 g/mol. The molecule has 2 N–H and O–H groups in total.